The number of nitrogens with zero attached hydrogens (tertiary/aromatic N) is 4. The van der Waals surface area contributed by atoms with E-state index in [1.807, 2.05) is 16.8 Å². The van der Waals surface area contributed by atoms with Crippen LogP contribution in [-0.2, 0) is 6.54 Å². The van der Waals surface area contributed by atoms with Crippen molar-refractivity contribution in [2.75, 3.05) is 0 Å². The lowest BCUT2D eigenvalue weighted by atomic mass is 10.2. The number of pyridine rings is 1. The van der Waals surface area contributed by atoms with E-state index in [4.69, 9.17) is 0 Å². The van der Waals surface area contributed by atoms with Crippen molar-refractivity contribution in [3.63, 3.8) is 0 Å². The Balaban J connectivity index is 2.46. The average Bonchev–Trinajstić information content (AvgIpc) is 2.48. The molecule has 0 fully saturated rings. The minimum absolute atomic E-state index is 0.574. The molecular formula is C9H12N4. The standard InChI is InChI=1S/C9H12N4/c1-7(2)6-13-8-4-3-5-10-9(8)11-12-13/h3-5,7H,6H2,1-2H3. The fourth-order valence-electron chi connectivity index (χ4n) is 1.29. The molecule has 4 nitrogen and oxygen atoms in total. The van der Waals surface area contributed by atoms with Crippen molar-refractivity contribution >= 4 is 11.2 Å². The summed E-state index contributed by atoms with van der Waals surface area (Å²) in [4.78, 5) is 4.11. The topological polar surface area (TPSA) is 43.6 Å². The van der Waals surface area contributed by atoms with E-state index in [1.54, 1.807) is 6.20 Å². The molecule has 0 atom stereocenters. The van der Waals surface area contributed by atoms with Crippen molar-refractivity contribution in [3.8, 4) is 0 Å². The smallest absolute Gasteiger partial charge is 0.201 e. The molecule has 0 aromatic carbocycles. The maximum absolute atomic E-state index is 4.11. The zero-order chi connectivity index (χ0) is 9.26. The summed E-state index contributed by atoms with van der Waals surface area (Å²) in [6, 6.07) is 3.90. The molecule has 68 valence electrons. The van der Waals surface area contributed by atoms with Crippen LogP contribution in [0.1, 0.15) is 13.8 Å². The van der Waals surface area contributed by atoms with Crippen LogP contribution in [0.25, 0.3) is 11.2 Å². The second kappa shape index (κ2) is 3.12. The zero-order valence-corrected chi connectivity index (χ0v) is 7.81. The van der Waals surface area contributed by atoms with Gasteiger partial charge in [0.2, 0.25) is 5.65 Å². The van der Waals surface area contributed by atoms with E-state index in [1.165, 1.54) is 0 Å². The molecule has 13 heavy (non-hydrogen) atoms. The van der Waals surface area contributed by atoms with Gasteiger partial charge >= 0.3 is 0 Å². The first-order valence-corrected chi connectivity index (χ1v) is 4.41. The molecule has 0 saturated carbocycles. The maximum atomic E-state index is 4.11. The van der Waals surface area contributed by atoms with Crippen LogP contribution in [0, 0.1) is 5.92 Å². The number of fused-ring (bicyclic) bond motifs is 1. The van der Waals surface area contributed by atoms with Crippen molar-refractivity contribution < 1.29 is 0 Å². The fourth-order valence-corrected chi connectivity index (χ4v) is 1.29. The molecule has 2 aromatic rings. The molecule has 0 aliphatic carbocycles. The lowest BCUT2D eigenvalue weighted by Crippen LogP contribution is -2.05. The van der Waals surface area contributed by atoms with Gasteiger partial charge in [-0.25, -0.2) is 9.67 Å². The molecule has 0 radical (unpaired) electrons. The molecular weight excluding hydrogens is 164 g/mol. The third-order valence-electron chi connectivity index (χ3n) is 1.83. The first-order valence-electron chi connectivity index (χ1n) is 4.41. The van der Waals surface area contributed by atoms with Crippen LogP contribution in [0.3, 0.4) is 0 Å². The third-order valence-corrected chi connectivity index (χ3v) is 1.83. The van der Waals surface area contributed by atoms with Crippen LogP contribution >= 0.6 is 0 Å². The normalized spacial score (nSPS) is 11.3. The van der Waals surface area contributed by atoms with Crippen LogP contribution in [0.2, 0.25) is 0 Å². The number of aromatic nitrogens is 4. The van der Waals surface area contributed by atoms with E-state index in [0.29, 0.717) is 5.92 Å². The highest BCUT2D eigenvalue weighted by atomic mass is 15.4. The van der Waals surface area contributed by atoms with Crippen LogP contribution in [0.5, 0.6) is 0 Å². The van der Waals surface area contributed by atoms with Gasteiger partial charge in [0.05, 0.1) is 0 Å². The quantitative estimate of drug-likeness (QED) is 0.696. The summed E-state index contributed by atoms with van der Waals surface area (Å²) in [6.07, 6.45) is 1.73. The highest BCUT2D eigenvalue weighted by Crippen LogP contribution is 2.08. The fraction of sp³-hybridized carbons (Fsp3) is 0.444. The molecule has 0 unspecified atom stereocenters. The van der Waals surface area contributed by atoms with Gasteiger partial charge in [0.25, 0.3) is 0 Å². The third kappa shape index (κ3) is 1.52. The van der Waals surface area contributed by atoms with Crippen LogP contribution in [-0.4, -0.2) is 20.0 Å². The number of hydrogen-bond donors (Lipinski definition) is 0. The van der Waals surface area contributed by atoms with Crippen molar-refractivity contribution in [3.05, 3.63) is 18.3 Å². The monoisotopic (exact) mass is 176 g/mol. The Morgan fingerprint density at radius 1 is 1.46 bits per heavy atom. The van der Waals surface area contributed by atoms with Crippen LogP contribution in [0.4, 0.5) is 0 Å². The summed E-state index contributed by atoms with van der Waals surface area (Å²) in [7, 11) is 0. The second-order valence-electron chi connectivity index (χ2n) is 3.51. The predicted octanol–water partition coefficient (Wildman–Crippen LogP) is 1.48. The molecule has 0 amide bonds. The SMILES string of the molecule is CC(C)Cn1nnc2ncccc21. The number of rotatable bonds is 2. The van der Waals surface area contributed by atoms with Gasteiger partial charge in [0, 0.05) is 12.7 Å². The lowest BCUT2D eigenvalue weighted by Gasteiger charge is -2.03. The molecule has 2 heterocycles. The molecule has 0 aliphatic heterocycles. The van der Waals surface area contributed by atoms with Gasteiger partial charge < -0.3 is 0 Å². The van der Waals surface area contributed by atoms with E-state index >= 15 is 0 Å². The maximum Gasteiger partial charge on any atom is 0.201 e. The molecule has 0 saturated heterocycles. The Bertz CT molecular complexity index is 405. The van der Waals surface area contributed by atoms with Gasteiger partial charge in [-0.2, -0.15) is 0 Å². The van der Waals surface area contributed by atoms with Gasteiger partial charge in [0.1, 0.15) is 5.52 Å². The zero-order valence-electron chi connectivity index (χ0n) is 7.81. The summed E-state index contributed by atoms with van der Waals surface area (Å²) in [5, 5.41) is 8.01. The van der Waals surface area contributed by atoms with Gasteiger partial charge in [-0.1, -0.05) is 19.1 Å². The largest absolute Gasteiger partial charge is 0.243 e. The molecule has 2 rings (SSSR count). The minimum atomic E-state index is 0.574. The average molecular weight is 176 g/mol. The van der Waals surface area contributed by atoms with E-state index in [9.17, 15) is 0 Å². The van der Waals surface area contributed by atoms with Crippen LogP contribution in [0.15, 0.2) is 18.3 Å². The minimum Gasteiger partial charge on any atom is -0.243 e. The summed E-state index contributed by atoms with van der Waals surface area (Å²) in [5.74, 6) is 0.574. The summed E-state index contributed by atoms with van der Waals surface area (Å²) < 4.78 is 1.90. The molecule has 2 aromatic heterocycles. The van der Waals surface area contributed by atoms with Crippen molar-refractivity contribution in [2.24, 2.45) is 5.92 Å². The van der Waals surface area contributed by atoms with Crippen molar-refractivity contribution in [2.45, 2.75) is 20.4 Å². The highest BCUT2D eigenvalue weighted by molar-refractivity contribution is 5.68. The molecule has 0 N–H and O–H groups in total. The van der Waals surface area contributed by atoms with E-state index < -0.39 is 0 Å². The Morgan fingerprint density at radius 2 is 2.31 bits per heavy atom. The van der Waals surface area contributed by atoms with Gasteiger partial charge in [-0.05, 0) is 18.1 Å². The van der Waals surface area contributed by atoms with Crippen LogP contribution < -0.4 is 0 Å². The van der Waals surface area contributed by atoms with Crippen molar-refractivity contribution in [1.29, 1.82) is 0 Å². The first kappa shape index (κ1) is 8.16. The van der Waals surface area contributed by atoms with E-state index in [2.05, 4.69) is 29.1 Å². The van der Waals surface area contributed by atoms with E-state index in [-0.39, 0.29) is 0 Å². The Labute approximate surface area is 76.6 Å². The Morgan fingerprint density at radius 3 is 3.08 bits per heavy atom. The summed E-state index contributed by atoms with van der Waals surface area (Å²) >= 11 is 0. The highest BCUT2D eigenvalue weighted by Gasteiger charge is 2.04. The summed E-state index contributed by atoms with van der Waals surface area (Å²) in [5.41, 5.74) is 1.74. The molecule has 4 heteroatoms. The predicted molar refractivity (Wildman–Crippen MR) is 50.2 cm³/mol. The van der Waals surface area contributed by atoms with E-state index in [0.717, 1.165) is 17.7 Å². The second-order valence-corrected chi connectivity index (χ2v) is 3.51. The first-order chi connectivity index (χ1) is 6.27. The molecule has 0 spiro atoms. The molecule has 0 aliphatic rings. The molecule has 0 bridgehead atoms. The Hall–Kier alpha value is -1.45. The van der Waals surface area contributed by atoms with Gasteiger partial charge in [-0.15, -0.1) is 5.10 Å². The van der Waals surface area contributed by atoms with Gasteiger partial charge in [0.15, 0.2) is 0 Å². The Kier molecular flexibility index (Phi) is 1.96. The van der Waals surface area contributed by atoms with Crippen molar-refractivity contribution in [1.82, 2.24) is 20.0 Å². The number of hydrogen-bond acceptors (Lipinski definition) is 3. The van der Waals surface area contributed by atoms with Gasteiger partial charge in [-0.3, -0.25) is 0 Å². The summed E-state index contributed by atoms with van der Waals surface area (Å²) in [6.45, 7) is 5.20. The lowest BCUT2D eigenvalue weighted by molar-refractivity contribution is 0.483.